The Bertz CT molecular complexity index is 1220. The second-order valence-corrected chi connectivity index (χ2v) is 12.0. The van der Waals surface area contributed by atoms with Crippen LogP contribution in [0.4, 0.5) is 0 Å². The van der Waals surface area contributed by atoms with Crippen LogP contribution in [0, 0.1) is 6.92 Å². The standard InChI is InChI=1S/C23H31N3O6S2/c1-4-25(34(30,31)22-15-18(2)7-12-21(22)32-3)17-23(27)24-16-19-8-10-20(11-9-19)33(28,29)26-13-5-6-14-26/h7-12,15H,4-6,13-14,16-17H2,1-3H3,(H,24,27). The molecule has 2 aromatic rings. The molecule has 1 aliphatic rings. The lowest BCUT2D eigenvalue weighted by molar-refractivity contribution is -0.121. The number of hydrogen-bond acceptors (Lipinski definition) is 6. The Balaban J connectivity index is 1.64. The van der Waals surface area contributed by atoms with Crippen molar-refractivity contribution in [2.75, 3.05) is 33.3 Å². The largest absolute Gasteiger partial charge is 0.495 e. The quantitative estimate of drug-likeness (QED) is 0.525. The molecule has 0 atom stereocenters. The van der Waals surface area contributed by atoms with Crippen molar-refractivity contribution in [3.8, 4) is 5.75 Å². The Morgan fingerprint density at radius 1 is 1.06 bits per heavy atom. The highest BCUT2D eigenvalue weighted by atomic mass is 32.2. The van der Waals surface area contributed by atoms with Crippen LogP contribution in [0.3, 0.4) is 0 Å². The highest BCUT2D eigenvalue weighted by molar-refractivity contribution is 7.89. The van der Waals surface area contributed by atoms with Gasteiger partial charge >= 0.3 is 0 Å². The van der Waals surface area contributed by atoms with Gasteiger partial charge in [0.15, 0.2) is 0 Å². The minimum Gasteiger partial charge on any atom is -0.495 e. The van der Waals surface area contributed by atoms with Crippen molar-refractivity contribution in [1.82, 2.24) is 13.9 Å². The molecule has 9 nitrogen and oxygen atoms in total. The van der Waals surface area contributed by atoms with E-state index in [1.54, 1.807) is 38.1 Å². The average molecular weight is 510 g/mol. The number of nitrogens with zero attached hydrogens (tertiary/aromatic N) is 2. The average Bonchev–Trinajstić information content (AvgIpc) is 3.37. The summed E-state index contributed by atoms with van der Waals surface area (Å²) in [5.41, 5.74) is 1.47. The first-order valence-electron chi connectivity index (χ1n) is 11.1. The third-order valence-electron chi connectivity index (χ3n) is 5.73. The molecule has 1 aliphatic heterocycles. The van der Waals surface area contributed by atoms with E-state index in [2.05, 4.69) is 5.32 Å². The number of sulfonamides is 2. The van der Waals surface area contributed by atoms with Crippen LogP contribution in [-0.4, -0.2) is 64.6 Å². The van der Waals surface area contributed by atoms with Crippen molar-refractivity contribution in [2.45, 2.75) is 43.0 Å². The molecule has 2 aromatic carbocycles. The summed E-state index contributed by atoms with van der Waals surface area (Å²) in [6, 6.07) is 11.2. The van der Waals surface area contributed by atoms with E-state index in [-0.39, 0.29) is 35.2 Å². The number of carbonyl (C=O) groups is 1. The lowest BCUT2D eigenvalue weighted by Crippen LogP contribution is -2.40. The van der Waals surface area contributed by atoms with Gasteiger partial charge in [-0.25, -0.2) is 16.8 Å². The lowest BCUT2D eigenvalue weighted by Gasteiger charge is -2.21. The number of hydrogen-bond donors (Lipinski definition) is 1. The zero-order valence-corrected chi connectivity index (χ0v) is 21.3. The molecule has 0 unspecified atom stereocenters. The summed E-state index contributed by atoms with van der Waals surface area (Å²) >= 11 is 0. The highest BCUT2D eigenvalue weighted by Crippen LogP contribution is 2.27. The SMILES string of the molecule is CCN(CC(=O)NCc1ccc(S(=O)(=O)N2CCCC2)cc1)S(=O)(=O)c1cc(C)ccc1OC. The van der Waals surface area contributed by atoms with Crippen LogP contribution in [0.2, 0.25) is 0 Å². The Labute approximate surface area is 201 Å². The molecule has 1 N–H and O–H groups in total. The summed E-state index contributed by atoms with van der Waals surface area (Å²) < 4.78 is 59.3. The van der Waals surface area contributed by atoms with Gasteiger partial charge in [-0.2, -0.15) is 8.61 Å². The number of ether oxygens (including phenoxy) is 1. The van der Waals surface area contributed by atoms with E-state index >= 15 is 0 Å². The third kappa shape index (κ3) is 5.77. The monoisotopic (exact) mass is 509 g/mol. The van der Waals surface area contributed by atoms with Crippen molar-refractivity contribution in [3.05, 3.63) is 53.6 Å². The fourth-order valence-electron chi connectivity index (χ4n) is 3.76. The molecule has 34 heavy (non-hydrogen) atoms. The summed E-state index contributed by atoms with van der Waals surface area (Å²) in [5.74, 6) is -0.251. The predicted molar refractivity (Wildman–Crippen MR) is 128 cm³/mol. The van der Waals surface area contributed by atoms with Crippen LogP contribution in [0.1, 0.15) is 30.9 Å². The van der Waals surface area contributed by atoms with Crippen LogP contribution >= 0.6 is 0 Å². The van der Waals surface area contributed by atoms with Gasteiger partial charge in [0.05, 0.1) is 18.6 Å². The molecule has 0 radical (unpaired) electrons. The van der Waals surface area contributed by atoms with Gasteiger partial charge in [-0.15, -0.1) is 0 Å². The van der Waals surface area contributed by atoms with E-state index in [4.69, 9.17) is 4.74 Å². The molecule has 0 aromatic heterocycles. The normalized spacial score (nSPS) is 14.9. The van der Waals surface area contributed by atoms with Crippen molar-refractivity contribution >= 4 is 26.0 Å². The molecule has 0 spiro atoms. The zero-order valence-electron chi connectivity index (χ0n) is 19.7. The van der Waals surface area contributed by atoms with Crippen LogP contribution in [0.15, 0.2) is 52.3 Å². The fraction of sp³-hybridized carbons (Fsp3) is 0.435. The number of amides is 1. The Morgan fingerprint density at radius 2 is 1.71 bits per heavy atom. The Morgan fingerprint density at radius 3 is 2.29 bits per heavy atom. The fourth-order valence-corrected chi connectivity index (χ4v) is 6.93. The minimum atomic E-state index is -3.95. The van der Waals surface area contributed by atoms with Crippen LogP contribution in [0.5, 0.6) is 5.75 Å². The summed E-state index contributed by atoms with van der Waals surface area (Å²) in [6.07, 6.45) is 1.73. The van der Waals surface area contributed by atoms with Crippen LogP contribution in [0.25, 0.3) is 0 Å². The van der Waals surface area contributed by atoms with Gasteiger partial charge in [-0.3, -0.25) is 4.79 Å². The van der Waals surface area contributed by atoms with Gasteiger partial charge in [-0.05, 0) is 55.2 Å². The van der Waals surface area contributed by atoms with Crippen LogP contribution in [-0.2, 0) is 31.4 Å². The van der Waals surface area contributed by atoms with Gasteiger partial charge in [-0.1, -0.05) is 25.1 Å². The summed E-state index contributed by atoms with van der Waals surface area (Å²) in [6.45, 7) is 4.41. The van der Waals surface area contributed by atoms with Crippen molar-refractivity contribution < 1.29 is 26.4 Å². The molecular formula is C23H31N3O6S2. The molecule has 1 fully saturated rings. The number of carbonyl (C=O) groups excluding carboxylic acids is 1. The third-order valence-corrected chi connectivity index (χ3v) is 9.58. The Hall–Kier alpha value is -2.47. The number of aryl methyl sites for hydroxylation is 1. The lowest BCUT2D eigenvalue weighted by atomic mass is 10.2. The van der Waals surface area contributed by atoms with E-state index in [9.17, 15) is 21.6 Å². The molecule has 3 rings (SSSR count). The number of benzene rings is 2. The maximum Gasteiger partial charge on any atom is 0.247 e. The maximum absolute atomic E-state index is 13.2. The molecule has 0 bridgehead atoms. The number of nitrogens with one attached hydrogen (secondary N) is 1. The molecule has 1 heterocycles. The Kier molecular flexibility index (Phi) is 8.34. The number of likely N-dealkylation sites (N-methyl/N-ethyl adjacent to an activating group) is 1. The van der Waals surface area contributed by atoms with Crippen molar-refractivity contribution in [3.63, 3.8) is 0 Å². The molecule has 1 amide bonds. The predicted octanol–water partition coefficient (Wildman–Crippen LogP) is 2.12. The van der Waals surface area contributed by atoms with E-state index in [0.717, 1.165) is 22.7 Å². The first-order valence-corrected chi connectivity index (χ1v) is 14.0. The van der Waals surface area contributed by atoms with Crippen LogP contribution < -0.4 is 10.1 Å². The smallest absolute Gasteiger partial charge is 0.247 e. The zero-order chi connectivity index (χ0) is 24.9. The van der Waals surface area contributed by atoms with Gasteiger partial charge in [0, 0.05) is 26.2 Å². The first kappa shape index (κ1) is 26.1. The summed E-state index contributed by atoms with van der Waals surface area (Å²) in [4.78, 5) is 12.8. The highest BCUT2D eigenvalue weighted by Gasteiger charge is 2.29. The second-order valence-electron chi connectivity index (χ2n) is 8.12. The number of methoxy groups -OCH3 is 1. The molecule has 1 saturated heterocycles. The first-order chi connectivity index (χ1) is 16.1. The molecule has 11 heteroatoms. The van der Waals surface area contributed by atoms with Crippen molar-refractivity contribution in [2.24, 2.45) is 0 Å². The van der Waals surface area contributed by atoms with Gasteiger partial charge in [0.2, 0.25) is 26.0 Å². The maximum atomic E-state index is 13.2. The molecule has 186 valence electrons. The van der Waals surface area contributed by atoms with E-state index in [0.29, 0.717) is 18.7 Å². The van der Waals surface area contributed by atoms with E-state index in [1.165, 1.54) is 29.6 Å². The van der Waals surface area contributed by atoms with Gasteiger partial charge in [0.25, 0.3) is 0 Å². The van der Waals surface area contributed by atoms with E-state index < -0.39 is 26.0 Å². The summed E-state index contributed by atoms with van der Waals surface area (Å²) in [5, 5.41) is 2.70. The van der Waals surface area contributed by atoms with Gasteiger partial charge in [0.1, 0.15) is 10.6 Å². The van der Waals surface area contributed by atoms with Gasteiger partial charge < -0.3 is 10.1 Å². The second kappa shape index (κ2) is 10.9. The minimum absolute atomic E-state index is 0.0134. The molecular weight excluding hydrogens is 478 g/mol. The molecule has 0 saturated carbocycles. The molecule has 0 aliphatic carbocycles. The van der Waals surface area contributed by atoms with Crippen molar-refractivity contribution in [1.29, 1.82) is 0 Å². The topological polar surface area (TPSA) is 113 Å². The summed E-state index contributed by atoms with van der Waals surface area (Å²) in [7, 11) is -6.05. The number of rotatable bonds is 10. The van der Waals surface area contributed by atoms with E-state index in [1.807, 2.05) is 0 Å².